The second-order valence-corrected chi connectivity index (χ2v) is 3.24. The van der Waals surface area contributed by atoms with E-state index in [1.807, 2.05) is 0 Å². The first kappa shape index (κ1) is 10.2. The molecule has 0 aliphatic rings. The smallest absolute Gasteiger partial charge is 0.269 e. The van der Waals surface area contributed by atoms with Gasteiger partial charge in [0.05, 0.1) is 11.8 Å². The zero-order valence-electron chi connectivity index (χ0n) is 8.69. The number of imidazole rings is 1. The number of carbonyl (C=O) groups excluding carboxylic acids is 1. The molecule has 5 nitrogen and oxygen atoms in total. The number of phenolic OH excluding ortho intramolecular Hbond substituents is 1. The minimum absolute atomic E-state index is 0.125. The number of aromatic amines is 1. The lowest BCUT2D eigenvalue weighted by atomic mass is 10.2. The van der Waals surface area contributed by atoms with E-state index >= 15 is 0 Å². The number of amides is 1. The van der Waals surface area contributed by atoms with Gasteiger partial charge in [-0.05, 0) is 12.1 Å². The van der Waals surface area contributed by atoms with Crippen LogP contribution in [0.2, 0.25) is 0 Å². The third-order valence-corrected chi connectivity index (χ3v) is 2.21. The molecule has 5 heteroatoms. The minimum Gasteiger partial charge on any atom is -0.507 e. The number of para-hydroxylation sites is 1. The van der Waals surface area contributed by atoms with E-state index < -0.39 is 0 Å². The Kier molecular flexibility index (Phi) is 2.59. The largest absolute Gasteiger partial charge is 0.507 e. The molecule has 0 aliphatic heterocycles. The monoisotopic (exact) mass is 217 g/mol. The van der Waals surface area contributed by atoms with Crippen molar-refractivity contribution in [1.29, 1.82) is 0 Å². The molecule has 3 N–H and O–H groups in total. The lowest BCUT2D eigenvalue weighted by Gasteiger charge is -1.99. The van der Waals surface area contributed by atoms with Crippen LogP contribution in [0.4, 0.5) is 0 Å². The number of benzene rings is 1. The van der Waals surface area contributed by atoms with Gasteiger partial charge >= 0.3 is 0 Å². The maximum Gasteiger partial charge on any atom is 0.269 e. The summed E-state index contributed by atoms with van der Waals surface area (Å²) in [4.78, 5) is 18.2. The number of H-pyrrole nitrogens is 1. The van der Waals surface area contributed by atoms with Gasteiger partial charge in [-0.2, -0.15) is 0 Å². The van der Waals surface area contributed by atoms with Crippen LogP contribution >= 0.6 is 0 Å². The van der Waals surface area contributed by atoms with Crippen LogP contribution in [0.25, 0.3) is 11.4 Å². The molecule has 0 saturated heterocycles. The van der Waals surface area contributed by atoms with E-state index in [9.17, 15) is 9.90 Å². The van der Waals surface area contributed by atoms with Crippen molar-refractivity contribution in [3.63, 3.8) is 0 Å². The van der Waals surface area contributed by atoms with Gasteiger partial charge in [-0.1, -0.05) is 12.1 Å². The highest BCUT2D eigenvalue weighted by Gasteiger charge is 2.10. The van der Waals surface area contributed by atoms with Crippen molar-refractivity contribution in [2.75, 3.05) is 7.05 Å². The molecule has 0 unspecified atom stereocenters. The molecule has 1 aromatic heterocycles. The van der Waals surface area contributed by atoms with E-state index in [0.717, 1.165) is 0 Å². The third-order valence-electron chi connectivity index (χ3n) is 2.21. The predicted molar refractivity (Wildman–Crippen MR) is 59.1 cm³/mol. The van der Waals surface area contributed by atoms with Crippen LogP contribution in [0.5, 0.6) is 5.75 Å². The Morgan fingerprint density at radius 1 is 1.44 bits per heavy atom. The molecule has 0 bridgehead atoms. The first-order valence-electron chi connectivity index (χ1n) is 4.78. The molecule has 0 atom stereocenters. The van der Waals surface area contributed by atoms with Crippen LogP contribution in [0.3, 0.4) is 0 Å². The fourth-order valence-corrected chi connectivity index (χ4v) is 1.38. The van der Waals surface area contributed by atoms with Gasteiger partial charge in [0.2, 0.25) is 0 Å². The molecule has 1 amide bonds. The summed E-state index contributed by atoms with van der Waals surface area (Å²) in [5, 5.41) is 12.1. The van der Waals surface area contributed by atoms with Gasteiger partial charge < -0.3 is 15.4 Å². The highest BCUT2D eigenvalue weighted by atomic mass is 16.3. The number of nitrogens with one attached hydrogen (secondary N) is 2. The van der Waals surface area contributed by atoms with Crippen molar-refractivity contribution < 1.29 is 9.90 Å². The summed E-state index contributed by atoms with van der Waals surface area (Å²) >= 11 is 0. The molecule has 0 fully saturated rings. The van der Waals surface area contributed by atoms with Crippen LogP contribution in [0.1, 0.15) is 10.5 Å². The molecule has 0 spiro atoms. The number of aromatic hydroxyl groups is 1. The maximum atomic E-state index is 11.3. The van der Waals surface area contributed by atoms with E-state index in [0.29, 0.717) is 17.1 Å². The zero-order valence-corrected chi connectivity index (χ0v) is 8.69. The fraction of sp³-hybridized carbons (Fsp3) is 0.0909. The van der Waals surface area contributed by atoms with Crippen LogP contribution in [0, 0.1) is 0 Å². The molecule has 16 heavy (non-hydrogen) atoms. The SMILES string of the molecule is CNC(=O)c1cnc(-c2ccccc2O)[nH]1. The molecule has 2 aromatic rings. The summed E-state index contributed by atoms with van der Waals surface area (Å²) in [5.41, 5.74) is 0.929. The van der Waals surface area contributed by atoms with Crippen LogP contribution < -0.4 is 5.32 Å². The number of aromatic nitrogens is 2. The van der Waals surface area contributed by atoms with E-state index in [4.69, 9.17) is 0 Å². The quantitative estimate of drug-likeness (QED) is 0.705. The van der Waals surface area contributed by atoms with Gasteiger partial charge in [-0.25, -0.2) is 4.98 Å². The van der Waals surface area contributed by atoms with Crippen molar-refractivity contribution >= 4 is 5.91 Å². The number of nitrogens with zero attached hydrogens (tertiary/aromatic N) is 1. The molecule has 0 saturated carbocycles. The summed E-state index contributed by atoms with van der Waals surface area (Å²) < 4.78 is 0. The van der Waals surface area contributed by atoms with Crippen LogP contribution in [-0.4, -0.2) is 28.0 Å². The number of phenols is 1. The summed E-state index contributed by atoms with van der Waals surface area (Å²) in [6, 6.07) is 6.80. The van der Waals surface area contributed by atoms with Crippen molar-refractivity contribution in [1.82, 2.24) is 15.3 Å². The Bertz CT molecular complexity index is 519. The Hall–Kier alpha value is -2.30. The molecule has 1 heterocycles. The molecular weight excluding hydrogens is 206 g/mol. The number of rotatable bonds is 2. The molecule has 82 valence electrons. The highest BCUT2D eigenvalue weighted by Crippen LogP contribution is 2.25. The van der Waals surface area contributed by atoms with Crippen LogP contribution in [0.15, 0.2) is 30.5 Å². The van der Waals surface area contributed by atoms with E-state index in [1.54, 1.807) is 31.3 Å². The summed E-state index contributed by atoms with van der Waals surface area (Å²) in [7, 11) is 1.54. The first-order valence-corrected chi connectivity index (χ1v) is 4.78. The molecule has 1 aromatic carbocycles. The molecular formula is C11H11N3O2. The average molecular weight is 217 g/mol. The molecule has 0 aliphatic carbocycles. The van der Waals surface area contributed by atoms with Crippen molar-refractivity contribution in [2.24, 2.45) is 0 Å². The second kappa shape index (κ2) is 4.06. The normalized spacial score (nSPS) is 10.1. The van der Waals surface area contributed by atoms with Crippen molar-refractivity contribution in [3.05, 3.63) is 36.2 Å². The van der Waals surface area contributed by atoms with Gasteiger partial charge in [0.1, 0.15) is 17.3 Å². The van der Waals surface area contributed by atoms with Gasteiger partial charge in [0.15, 0.2) is 0 Å². The van der Waals surface area contributed by atoms with Gasteiger partial charge in [0.25, 0.3) is 5.91 Å². The third kappa shape index (κ3) is 1.75. The van der Waals surface area contributed by atoms with E-state index in [1.165, 1.54) is 6.20 Å². The second-order valence-electron chi connectivity index (χ2n) is 3.24. The minimum atomic E-state index is -0.242. The highest BCUT2D eigenvalue weighted by molar-refractivity contribution is 5.92. The van der Waals surface area contributed by atoms with Crippen molar-refractivity contribution in [2.45, 2.75) is 0 Å². The lowest BCUT2D eigenvalue weighted by molar-refractivity contribution is 0.0958. The zero-order chi connectivity index (χ0) is 11.5. The van der Waals surface area contributed by atoms with E-state index in [-0.39, 0.29) is 11.7 Å². The van der Waals surface area contributed by atoms with Gasteiger partial charge in [-0.3, -0.25) is 4.79 Å². The fourth-order valence-electron chi connectivity index (χ4n) is 1.38. The number of carbonyl (C=O) groups is 1. The standard InChI is InChI=1S/C11H11N3O2/c1-12-11(16)8-6-13-10(14-8)7-4-2-3-5-9(7)15/h2-6,15H,1H3,(H,12,16)(H,13,14). The van der Waals surface area contributed by atoms with Gasteiger partial charge in [0, 0.05) is 7.05 Å². The molecule has 2 rings (SSSR count). The lowest BCUT2D eigenvalue weighted by Crippen LogP contribution is -2.17. The predicted octanol–water partition coefficient (Wildman–Crippen LogP) is 1.14. The van der Waals surface area contributed by atoms with E-state index in [2.05, 4.69) is 15.3 Å². The Morgan fingerprint density at radius 2 is 2.19 bits per heavy atom. The Labute approximate surface area is 92.2 Å². The van der Waals surface area contributed by atoms with Gasteiger partial charge in [-0.15, -0.1) is 0 Å². The topological polar surface area (TPSA) is 78.0 Å². The van der Waals surface area contributed by atoms with Crippen molar-refractivity contribution in [3.8, 4) is 17.1 Å². The average Bonchev–Trinajstić information content (AvgIpc) is 2.78. The maximum absolute atomic E-state index is 11.3. The number of hydrogen-bond donors (Lipinski definition) is 3. The summed E-state index contributed by atoms with van der Waals surface area (Å²) in [6.45, 7) is 0. The summed E-state index contributed by atoms with van der Waals surface area (Å²) in [5.74, 6) is 0.353. The first-order chi connectivity index (χ1) is 7.72. The Morgan fingerprint density at radius 3 is 2.88 bits per heavy atom. The summed E-state index contributed by atoms with van der Waals surface area (Å²) in [6.07, 6.45) is 1.43. The Balaban J connectivity index is 2.39. The number of hydrogen-bond acceptors (Lipinski definition) is 3. The van der Waals surface area contributed by atoms with Crippen LogP contribution in [-0.2, 0) is 0 Å². The molecule has 0 radical (unpaired) electrons.